The van der Waals surface area contributed by atoms with E-state index in [0.717, 1.165) is 18.0 Å². The fourth-order valence-corrected chi connectivity index (χ4v) is 1.86. The van der Waals surface area contributed by atoms with E-state index in [-0.39, 0.29) is 24.3 Å². The van der Waals surface area contributed by atoms with E-state index in [1.807, 2.05) is 0 Å². The average Bonchev–Trinajstić information content (AvgIpc) is 2.88. The first-order chi connectivity index (χ1) is 7.46. The molecule has 0 spiro atoms. The minimum absolute atomic E-state index is 0.165. The van der Waals surface area contributed by atoms with Gasteiger partial charge in [-0.3, -0.25) is 4.79 Å². The first-order valence-electron chi connectivity index (χ1n) is 5.52. The number of nitrogens with one attached hydrogen (secondary N) is 1. The van der Waals surface area contributed by atoms with Crippen LogP contribution < -0.4 is 5.32 Å². The van der Waals surface area contributed by atoms with Crippen molar-refractivity contribution in [1.29, 1.82) is 0 Å². The van der Waals surface area contributed by atoms with Crippen molar-refractivity contribution in [2.24, 2.45) is 5.92 Å². The number of nitrogens with zero attached hydrogens (tertiary/aromatic N) is 1. The molecule has 1 aliphatic carbocycles. The lowest BCUT2D eigenvalue weighted by atomic mass is 9.98. The highest BCUT2D eigenvalue weighted by atomic mass is 19.4. The van der Waals surface area contributed by atoms with Gasteiger partial charge in [-0.25, -0.2) is 0 Å². The van der Waals surface area contributed by atoms with Crippen molar-refractivity contribution in [2.75, 3.05) is 19.6 Å². The van der Waals surface area contributed by atoms with Crippen LogP contribution in [0.5, 0.6) is 0 Å². The Morgan fingerprint density at radius 1 is 1.31 bits per heavy atom. The van der Waals surface area contributed by atoms with Crippen LogP contribution >= 0.6 is 0 Å². The van der Waals surface area contributed by atoms with Gasteiger partial charge in [0.2, 0.25) is 5.91 Å². The molecule has 1 saturated heterocycles. The van der Waals surface area contributed by atoms with E-state index in [0.29, 0.717) is 12.8 Å². The molecule has 1 N–H and O–H groups in total. The molecule has 0 bridgehead atoms. The van der Waals surface area contributed by atoms with Gasteiger partial charge in [0.1, 0.15) is 6.54 Å². The zero-order valence-electron chi connectivity index (χ0n) is 8.89. The largest absolute Gasteiger partial charge is 0.406 e. The number of rotatable bonds is 4. The summed E-state index contributed by atoms with van der Waals surface area (Å²) in [4.78, 5) is 12.7. The number of alkyl halides is 3. The number of carbonyl (C=O) groups excluding carboxylic acids is 1. The van der Waals surface area contributed by atoms with Gasteiger partial charge < -0.3 is 10.2 Å². The lowest BCUT2D eigenvalue weighted by Gasteiger charge is -2.30. The second-order valence-corrected chi connectivity index (χ2v) is 4.60. The molecule has 1 heterocycles. The number of amides is 1. The Hall–Kier alpha value is -0.780. The standard InChI is InChI=1S/C10H15F3N2O/c11-10(12,13)6-15(8-1-2-8)9(16)3-7-4-14-5-7/h7-8,14H,1-6H2. The van der Waals surface area contributed by atoms with Crippen LogP contribution in [0.25, 0.3) is 0 Å². The Bertz CT molecular complexity index is 272. The quantitative estimate of drug-likeness (QED) is 0.794. The van der Waals surface area contributed by atoms with Crippen molar-refractivity contribution in [2.45, 2.75) is 31.5 Å². The van der Waals surface area contributed by atoms with Crippen LogP contribution in [0.15, 0.2) is 0 Å². The van der Waals surface area contributed by atoms with Crippen molar-refractivity contribution in [3.05, 3.63) is 0 Å². The van der Waals surface area contributed by atoms with Crippen LogP contribution in [0.2, 0.25) is 0 Å². The van der Waals surface area contributed by atoms with E-state index in [2.05, 4.69) is 5.32 Å². The summed E-state index contributed by atoms with van der Waals surface area (Å²) in [7, 11) is 0. The van der Waals surface area contributed by atoms with Crippen LogP contribution in [-0.2, 0) is 4.79 Å². The predicted octanol–water partition coefficient (Wildman–Crippen LogP) is 1.15. The molecule has 1 saturated carbocycles. The first-order valence-corrected chi connectivity index (χ1v) is 5.52. The van der Waals surface area contributed by atoms with Gasteiger partial charge >= 0.3 is 6.18 Å². The van der Waals surface area contributed by atoms with Crippen LogP contribution in [0.4, 0.5) is 13.2 Å². The van der Waals surface area contributed by atoms with Gasteiger partial charge in [0.05, 0.1) is 0 Å². The molecule has 0 unspecified atom stereocenters. The van der Waals surface area contributed by atoms with E-state index < -0.39 is 12.7 Å². The molecule has 92 valence electrons. The smallest absolute Gasteiger partial charge is 0.331 e. The Balaban J connectivity index is 1.87. The lowest BCUT2D eigenvalue weighted by molar-refractivity contribution is -0.163. The van der Waals surface area contributed by atoms with E-state index in [4.69, 9.17) is 0 Å². The molecule has 3 nitrogen and oxygen atoms in total. The number of hydrogen-bond donors (Lipinski definition) is 1. The molecule has 0 aromatic carbocycles. The van der Waals surface area contributed by atoms with E-state index in [9.17, 15) is 18.0 Å². The van der Waals surface area contributed by atoms with E-state index in [1.165, 1.54) is 0 Å². The van der Waals surface area contributed by atoms with Gasteiger partial charge in [0.15, 0.2) is 0 Å². The summed E-state index contributed by atoms with van der Waals surface area (Å²) in [5, 5.41) is 3.01. The van der Waals surface area contributed by atoms with Crippen molar-refractivity contribution in [3.8, 4) is 0 Å². The van der Waals surface area contributed by atoms with E-state index >= 15 is 0 Å². The monoisotopic (exact) mass is 236 g/mol. The van der Waals surface area contributed by atoms with Gasteiger partial charge in [-0.15, -0.1) is 0 Å². The Labute approximate surface area is 92.0 Å². The molecule has 1 aliphatic heterocycles. The second kappa shape index (κ2) is 4.24. The fourth-order valence-electron chi connectivity index (χ4n) is 1.86. The molecule has 16 heavy (non-hydrogen) atoms. The molecule has 0 atom stereocenters. The molecular weight excluding hydrogens is 221 g/mol. The third-order valence-electron chi connectivity index (χ3n) is 2.99. The minimum Gasteiger partial charge on any atom is -0.331 e. The number of carbonyl (C=O) groups is 1. The van der Waals surface area contributed by atoms with Crippen LogP contribution in [-0.4, -0.2) is 42.7 Å². The van der Waals surface area contributed by atoms with Gasteiger partial charge in [0.25, 0.3) is 0 Å². The molecule has 0 aromatic heterocycles. The van der Waals surface area contributed by atoms with Crippen molar-refractivity contribution >= 4 is 5.91 Å². The molecule has 2 aliphatic rings. The first kappa shape index (κ1) is 11.7. The third kappa shape index (κ3) is 3.10. The Morgan fingerprint density at radius 2 is 1.94 bits per heavy atom. The number of halogens is 3. The summed E-state index contributed by atoms with van der Waals surface area (Å²) in [6.07, 6.45) is -2.61. The maximum absolute atomic E-state index is 12.3. The fraction of sp³-hybridized carbons (Fsp3) is 0.900. The highest BCUT2D eigenvalue weighted by Gasteiger charge is 2.41. The zero-order chi connectivity index (χ0) is 11.8. The van der Waals surface area contributed by atoms with Crippen LogP contribution in [0, 0.1) is 5.92 Å². The van der Waals surface area contributed by atoms with Crippen molar-refractivity contribution < 1.29 is 18.0 Å². The highest BCUT2D eigenvalue weighted by molar-refractivity contribution is 5.77. The van der Waals surface area contributed by atoms with Crippen LogP contribution in [0.1, 0.15) is 19.3 Å². The van der Waals surface area contributed by atoms with Crippen molar-refractivity contribution in [3.63, 3.8) is 0 Å². The summed E-state index contributed by atoms with van der Waals surface area (Å²) in [5.41, 5.74) is 0. The Morgan fingerprint density at radius 3 is 2.31 bits per heavy atom. The highest BCUT2D eigenvalue weighted by Crippen LogP contribution is 2.31. The normalized spacial score (nSPS) is 21.7. The zero-order valence-corrected chi connectivity index (χ0v) is 8.89. The average molecular weight is 236 g/mol. The summed E-state index contributed by atoms with van der Waals surface area (Å²) < 4.78 is 36.8. The summed E-state index contributed by atoms with van der Waals surface area (Å²) in [5.74, 6) is -0.117. The summed E-state index contributed by atoms with van der Waals surface area (Å²) in [6.45, 7) is 0.406. The third-order valence-corrected chi connectivity index (χ3v) is 2.99. The minimum atomic E-state index is -4.28. The Kier molecular flexibility index (Phi) is 3.10. The maximum Gasteiger partial charge on any atom is 0.406 e. The van der Waals surface area contributed by atoms with E-state index in [1.54, 1.807) is 0 Å². The summed E-state index contributed by atoms with van der Waals surface area (Å²) >= 11 is 0. The van der Waals surface area contributed by atoms with Crippen LogP contribution in [0.3, 0.4) is 0 Å². The molecular formula is C10H15F3N2O. The SMILES string of the molecule is O=C(CC1CNC1)N(CC(F)(F)F)C1CC1. The van der Waals surface area contributed by atoms with Gasteiger partial charge in [-0.1, -0.05) is 0 Å². The molecule has 2 fully saturated rings. The lowest BCUT2D eigenvalue weighted by Crippen LogP contribution is -2.47. The summed E-state index contributed by atoms with van der Waals surface area (Å²) in [6, 6.07) is -0.165. The predicted molar refractivity (Wildman–Crippen MR) is 51.8 cm³/mol. The topological polar surface area (TPSA) is 32.3 Å². The van der Waals surface area contributed by atoms with Gasteiger partial charge in [-0.05, 0) is 31.8 Å². The van der Waals surface area contributed by atoms with Crippen molar-refractivity contribution in [1.82, 2.24) is 10.2 Å². The van der Waals surface area contributed by atoms with Gasteiger partial charge in [0, 0.05) is 12.5 Å². The second-order valence-electron chi connectivity index (χ2n) is 4.60. The molecule has 6 heteroatoms. The van der Waals surface area contributed by atoms with Gasteiger partial charge in [-0.2, -0.15) is 13.2 Å². The number of hydrogen-bond acceptors (Lipinski definition) is 2. The molecule has 0 aromatic rings. The molecule has 1 amide bonds. The molecule has 2 rings (SSSR count). The molecule has 0 radical (unpaired) electrons. The maximum atomic E-state index is 12.3.